The molecule has 0 aliphatic carbocycles. The van der Waals surface area contributed by atoms with E-state index in [1.165, 1.54) is 0 Å². The Morgan fingerprint density at radius 3 is 3.00 bits per heavy atom. The van der Waals surface area contributed by atoms with E-state index in [1.807, 2.05) is 12.1 Å². The van der Waals surface area contributed by atoms with E-state index in [9.17, 15) is 0 Å². The van der Waals surface area contributed by atoms with Crippen LogP contribution in [-0.4, -0.2) is 30.2 Å². The minimum atomic E-state index is 0.449. The predicted octanol–water partition coefficient (Wildman–Crippen LogP) is 1.92. The molecule has 1 fully saturated rings. The van der Waals surface area contributed by atoms with E-state index in [4.69, 9.17) is 11.6 Å². The van der Waals surface area contributed by atoms with Gasteiger partial charge in [-0.25, -0.2) is 4.98 Å². The van der Waals surface area contributed by atoms with Crippen LogP contribution in [0.5, 0.6) is 0 Å². The van der Waals surface area contributed by atoms with Crippen LogP contribution in [0.25, 0.3) is 0 Å². The molecule has 15 heavy (non-hydrogen) atoms. The number of nitrogens with one attached hydrogen (secondary N) is 1. The molecular formula is C11H16ClN3. The molecule has 0 saturated carbocycles. The van der Waals surface area contributed by atoms with Crippen LogP contribution in [0.3, 0.4) is 0 Å². The number of anilines is 1. The minimum absolute atomic E-state index is 0.449. The minimum Gasteiger partial charge on any atom is -0.351 e. The monoisotopic (exact) mass is 225 g/mol. The Hall–Kier alpha value is -0.800. The molecule has 0 bridgehead atoms. The number of rotatable bonds is 1. The van der Waals surface area contributed by atoms with Crippen molar-refractivity contribution in [3.05, 3.63) is 23.4 Å². The van der Waals surface area contributed by atoms with Crippen LogP contribution in [0.2, 0.25) is 5.15 Å². The van der Waals surface area contributed by atoms with Gasteiger partial charge in [-0.1, -0.05) is 17.7 Å². The lowest BCUT2D eigenvalue weighted by atomic mass is 10.1. The predicted molar refractivity (Wildman–Crippen MR) is 63.5 cm³/mol. The number of pyridine rings is 1. The molecule has 1 N–H and O–H groups in total. The van der Waals surface area contributed by atoms with Gasteiger partial charge in [0, 0.05) is 25.2 Å². The molecule has 1 aliphatic heterocycles. The molecule has 2 heterocycles. The van der Waals surface area contributed by atoms with Crippen LogP contribution in [0, 0.1) is 0 Å². The molecule has 0 unspecified atom stereocenters. The molecule has 3 nitrogen and oxygen atoms in total. The molecule has 0 spiro atoms. The first-order valence-electron chi connectivity index (χ1n) is 5.31. The Morgan fingerprint density at radius 2 is 2.27 bits per heavy atom. The molecule has 82 valence electrons. The van der Waals surface area contributed by atoms with Gasteiger partial charge in [-0.15, -0.1) is 0 Å². The standard InChI is InChI=1S/C11H16ClN3/c1-8-9(2)15(7-6-13-8)11-5-3-4-10(12)14-11/h3-5,8-9,13H,6-7H2,1-2H3/t8-,9-/m0/s1. The summed E-state index contributed by atoms with van der Waals surface area (Å²) in [7, 11) is 0. The molecule has 4 heteroatoms. The van der Waals surface area contributed by atoms with Crippen LogP contribution >= 0.6 is 11.6 Å². The van der Waals surface area contributed by atoms with Crippen LogP contribution in [0.15, 0.2) is 18.2 Å². The number of hydrogen-bond donors (Lipinski definition) is 1. The average Bonchev–Trinajstić information content (AvgIpc) is 2.22. The third kappa shape index (κ3) is 2.24. The highest BCUT2D eigenvalue weighted by atomic mass is 35.5. The van der Waals surface area contributed by atoms with Crippen LogP contribution < -0.4 is 10.2 Å². The molecule has 0 aromatic carbocycles. The number of aromatic nitrogens is 1. The molecule has 1 saturated heterocycles. The van der Waals surface area contributed by atoms with E-state index in [2.05, 4.69) is 29.0 Å². The second-order valence-corrected chi connectivity index (χ2v) is 4.38. The van der Waals surface area contributed by atoms with Gasteiger partial charge in [0.15, 0.2) is 0 Å². The Kier molecular flexibility index (Phi) is 3.12. The zero-order chi connectivity index (χ0) is 10.8. The summed E-state index contributed by atoms with van der Waals surface area (Å²) in [6.45, 7) is 6.39. The lowest BCUT2D eigenvalue weighted by Crippen LogP contribution is -2.55. The molecular weight excluding hydrogens is 210 g/mol. The van der Waals surface area contributed by atoms with E-state index in [1.54, 1.807) is 6.07 Å². The van der Waals surface area contributed by atoms with E-state index in [-0.39, 0.29) is 0 Å². The van der Waals surface area contributed by atoms with E-state index >= 15 is 0 Å². The smallest absolute Gasteiger partial charge is 0.131 e. The summed E-state index contributed by atoms with van der Waals surface area (Å²) < 4.78 is 0. The lowest BCUT2D eigenvalue weighted by molar-refractivity contribution is 0.402. The number of piperazine rings is 1. The Morgan fingerprint density at radius 1 is 1.47 bits per heavy atom. The topological polar surface area (TPSA) is 28.2 Å². The summed E-state index contributed by atoms with van der Waals surface area (Å²) in [4.78, 5) is 6.64. The van der Waals surface area contributed by atoms with Crippen molar-refractivity contribution >= 4 is 17.4 Å². The van der Waals surface area contributed by atoms with E-state index in [0.29, 0.717) is 17.2 Å². The van der Waals surface area contributed by atoms with Gasteiger partial charge in [-0.2, -0.15) is 0 Å². The molecule has 0 amide bonds. The van der Waals surface area contributed by atoms with Crippen molar-refractivity contribution in [3.63, 3.8) is 0 Å². The van der Waals surface area contributed by atoms with E-state index < -0.39 is 0 Å². The molecule has 1 aromatic rings. The summed E-state index contributed by atoms with van der Waals surface area (Å²) in [5.41, 5.74) is 0. The molecule has 1 aliphatic rings. The van der Waals surface area contributed by atoms with Gasteiger partial charge in [0.05, 0.1) is 0 Å². The SMILES string of the molecule is C[C@@H]1NCCN(c2cccc(Cl)n2)[C@H]1C. The number of hydrogen-bond acceptors (Lipinski definition) is 3. The second-order valence-electron chi connectivity index (χ2n) is 4.00. The maximum atomic E-state index is 5.89. The van der Waals surface area contributed by atoms with Crippen molar-refractivity contribution in [2.75, 3.05) is 18.0 Å². The van der Waals surface area contributed by atoms with Crippen molar-refractivity contribution in [1.82, 2.24) is 10.3 Å². The van der Waals surface area contributed by atoms with Crippen molar-refractivity contribution in [2.24, 2.45) is 0 Å². The van der Waals surface area contributed by atoms with Crippen molar-refractivity contribution < 1.29 is 0 Å². The maximum absolute atomic E-state index is 5.89. The van der Waals surface area contributed by atoms with Gasteiger partial charge in [0.25, 0.3) is 0 Å². The number of nitrogens with zero attached hydrogens (tertiary/aromatic N) is 2. The Balaban J connectivity index is 2.22. The summed E-state index contributed by atoms with van der Waals surface area (Å²) in [6.07, 6.45) is 0. The third-order valence-electron chi connectivity index (χ3n) is 3.03. The highest BCUT2D eigenvalue weighted by Crippen LogP contribution is 2.19. The fraction of sp³-hybridized carbons (Fsp3) is 0.545. The molecule has 0 radical (unpaired) electrons. The van der Waals surface area contributed by atoms with Gasteiger partial charge in [0.1, 0.15) is 11.0 Å². The molecule has 1 aromatic heterocycles. The van der Waals surface area contributed by atoms with Crippen molar-refractivity contribution in [2.45, 2.75) is 25.9 Å². The van der Waals surface area contributed by atoms with Gasteiger partial charge in [-0.05, 0) is 26.0 Å². The second kappa shape index (κ2) is 4.37. The van der Waals surface area contributed by atoms with Gasteiger partial charge in [-0.3, -0.25) is 0 Å². The average molecular weight is 226 g/mol. The van der Waals surface area contributed by atoms with Crippen LogP contribution in [0.1, 0.15) is 13.8 Å². The van der Waals surface area contributed by atoms with E-state index in [0.717, 1.165) is 18.9 Å². The zero-order valence-electron chi connectivity index (χ0n) is 9.07. The molecule has 2 atom stereocenters. The summed E-state index contributed by atoms with van der Waals surface area (Å²) in [5.74, 6) is 0.975. The van der Waals surface area contributed by atoms with Crippen LogP contribution in [-0.2, 0) is 0 Å². The van der Waals surface area contributed by atoms with Gasteiger partial charge in [0.2, 0.25) is 0 Å². The highest BCUT2D eigenvalue weighted by molar-refractivity contribution is 6.29. The number of halogens is 1. The van der Waals surface area contributed by atoms with Gasteiger partial charge >= 0.3 is 0 Å². The molecule has 2 rings (SSSR count). The summed E-state index contributed by atoms with van der Waals surface area (Å²) in [6, 6.07) is 6.70. The normalized spacial score (nSPS) is 26.7. The fourth-order valence-electron chi connectivity index (χ4n) is 1.94. The quantitative estimate of drug-likeness (QED) is 0.741. The van der Waals surface area contributed by atoms with Crippen LogP contribution in [0.4, 0.5) is 5.82 Å². The zero-order valence-corrected chi connectivity index (χ0v) is 9.83. The first-order valence-corrected chi connectivity index (χ1v) is 5.69. The Bertz CT molecular complexity index is 342. The summed E-state index contributed by atoms with van der Waals surface area (Å²) >= 11 is 5.89. The van der Waals surface area contributed by atoms with Crippen molar-refractivity contribution in [3.8, 4) is 0 Å². The lowest BCUT2D eigenvalue weighted by Gasteiger charge is -2.39. The Labute approximate surface area is 95.4 Å². The van der Waals surface area contributed by atoms with Crippen molar-refractivity contribution in [1.29, 1.82) is 0 Å². The fourth-order valence-corrected chi connectivity index (χ4v) is 2.10. The summed E-state index contributed by atoms with van der Waals surface area (Å²) in [5, 5.41) is 4.00. The van der Waals surface area contributed by atoms with Gasteiger partial charge < -0.3 is 10.2 Å². The maximum Gasteiger partial charge on any atom is 0.131 e. The first-order chi connectivity index (χ1) is 7.18. The third-order valence-corrected chi connectivity index (χ3v) is 3.24. The highest BCUT2D eigenvalue weighted by Gasteiger charge is 2.24. The first kappa shape index (κ1) is 10.7. The largest absolute Gasteiger partial charge is 0.351 e.